The molecule has 0 bridgehead atoms. The van der Waals surface area contributed by atoms with Gasteiger partial charge in [0.2, 0.25) is 17.7 Å². The SMILES string of the molecule is Cc1cccc(NC(=O)C2CCCN(C(=O)C=Cc3ccc(N4CCCC4=O)cc3)C2)n1. The molecule has 1 aromatic heterocycles. The minimum Gasteiger partial charge on any atom is -0.338 e. The summed E-state index contributed by atoms with van der Waals surface area (Å²) in [5.74, 6) is 0.245. The molecule has 0 radical (unpaired) electrons. The van der Waals surface area contributed by atoms with E-state index >= 15 is 0 Å². The van der Waals surface area contributed by atoms with Crippen LogP contribution in [-0.2, 0) is 14.4 Å². The van der Waals surface area contributed by atoms with Gasteiger partial charge in [-0.2, -0.15) is 0 Å². The van der Waals surface area contributed by atoms with Crippen molar-refractivity contribution in [3.63, 3.8) is 0 Å². The van der Waals surface area contributed by atoms with Crippen LogP contribution in [0.2, 0.25) is 0 Å². The molecule has 1 N–H and O–H groups in total. The first kappa shape index (κ1) is 21.7. The Morgan fingerprint density at radius 2 is 1.91 bits per heavy atom. The van der Waals surface area contributed by atoms with Gasteiger partial charge in [0.15, 0.2) is 0 Å². The third-order valence-electron chi connectivity index (χ3n) is 5.94. The second kappa shape index (κ2) is 9.77. The van der Waals surface area contributed by atoms with Crippen LogP contribution in [0.15, 0.2) is 48.5 Å². The number of carbonyl (C=O) groups excluding carboxylic acids is 3. The van der Waals surface area contributed by atoms with Crippen LogP contribution >= 0.6 is 0 Å². The van der Waals surface area contributed by atoms with Crippen molar-refractivity contribution in [2.24, 2.45) is 5.92 Å². The summed E-state index contributed by atoms with van der Waals surface area (Å²) in [5.41, 5.74) is 2.63. The molecule has 1 aromatic carbocycles. The predicted molar refractivity (Wildman–Crippen MR) is 124 cm³/mol. The number of carbonyl (C=O) groups is 3. The highest BCUT2D eigenvalue weighted by molar-refractivity contribution is 5.96. The summed E-state index contributed by atoms with van der Waals surface area (Å²) in [6, 6.07) is 13.1. The van der Waals surface area contributed by atoms with E-state index in [1.165, 1.54) is 0 Å². The van der Waals surface area contributed by atoms with Crippen LogP contribution in [-0.4, -0.2) is 47.2 Å². The maximum absolute atomic E-state index is 12.7. The lowest BCUT2D eigenvalue weighted by molar-refractivity contribution is -0.130. The van der Waals surface area contributed by atoms with E-state index < -0.39 is 0 Å². The number of nitrogens with zero attached hydrogens (tertiary/aromatic N) is 3. The summed E-state index contributed by atoms with van der Waals surface area (Å²) in [7, 11) is 0. The Morgan fingerprint density at radius 3 is 2.62 bits per heavy atom. The van der Waals surface area contributed by atoms with E-state index in [9.17, 15) is 14.4 Å². The molecule has 2 fully saturated rings. The Morgan fingerprint density at radius 1 is 1.09 bits per heavy atom. The molecule has 0 saturated carbocycles. The normalized spacial score (nSPS) is 18.9. The Kier molecular flexibility index (Phi) is 6.63. The molecule has 0 aliphatic carbocycles. The fourth-order valence-electron chi connectivity index (χ4n) is 4.19. The third-order valence-corrected chi connectivity index (χ3v) is 5.94. The summed E-state index contributed by atoms with van der Waals surface area (Å²) in [5, 5.41) is 2.87. The molecule has 2 saturated heterocycles. The van der Waals surface area contributed by atoms with Crippen LogP contribution in [0.5, 0.6) is 0 Å². The number of piperidine rings is 1. The van der Waals surface area contributed by atoms with Crippen LogP contribution in [0.1, 0.15) is 36.9 Å². The lowest BCUT2D eigenvalue weighted by Crippen LogP contribution is -2.43. The lowest BCUT2D eigenvalue weighted by Gasteiger charge is -2.31. The quantitative estimate of drug-likeness (QED) is 0.734. The first-order valence-electron chi connectivity index (χ1n) is 11.1. The third kappa shape index (κ3) is 5.22. The number of nitrogens with one attached hydrogen (secondary N) is 1. The summed E-state index contributed by atoms with van der Waals surface area (Å²) in [6.07, 6.45) is 6.37. The Labute approximate surface area is 188 Å². The molecular weight excluding hydrogens is 404 g/mol. The van der Waals surface area contributed by atoms with Gasteiger partial charge >= 0.3 is 0 Å². The van der Waals surface area contributed by atoms with Gasteiger partial charge in [-0.15, -0.1) is 0 Å². The molecule has 2 aliphatic rings. The highest BCUT2D eigenvalue weighted by Crippen LogP contribution is 2.22. The van der Waals surface area contributed by atoms with Gasteiger partial charge in [-0.1, -0.05) is 18.2 Å². The number of rotatable bonds is 5. The molecular formula is C25H28N4O3. The molecule has 3 amide bonds. The van der Waals surface area contributed by atoms with Gasteiger partial charge in [0, 0.05) is 43.5 Å². The van der Waals surface area contributed by atoms with Crippen molar-refractivity contribution in [2.75, 3.05) is 29.9 Å². The Bertz CT molecular complexity index is 1030. The van der Waals surface area contributed by atoms with Gasteiger partial charge in [-0.25, -0.2) is 4.98 Å². The summed E-state index contributed by atoms with van der Waals surface area (Å²) in [6.45, 7) is 3.68. The van der Waals surface area contributed by atoms with E-state index in [2.05, 4.69) is 10.3 Å². The van der Waals surface area contributed by atoms with Crippen molar-refractivity contribution in [3.05, 3.63) is 59.8 Å². The molecule has 32 heavy (non-hydrogen) atoms. The molecule has 7 heteroatoms. The lowest BCUT2D eigenvalue weighted by atomic mass is 9.97. The average Bonchev–Trinajstić information content (AvgIpc) is 3.23. The zero-order valence-corrected chi connectivity index (χ0v) is 18.3. The van der Waals surface area contributed by atoms with E-state index in [-0.39, 0.29) is 23.6 Å². The molecule has 1 atom stereocenters. The van der Waals surface area contributed by atoms with Crippen molar-refractivity contribution in [1.82, 2.24) is 9.88 Å². The molecule has 1 unspecified atom stereocenters. The fourth-order valence-corrected chi connectivity index (χ4v) is 4.19. The van der Waals surface area contributed by atoms with Crippen molar-refractivity contribution in [2.45, 2.75) is 32.6 Å². The maximum atomic E-state index is 12.7. The minimum absolute atomic E-state index is 0.100. The topological polar surface area (TPSA) is 82.6 Å². The van der Waals surface area contributed by atoms with E-state index in [0.29, 0.717) is 25.3 Å². The highest BCUT2D eigenvalue weighted by Gasteiger charge is 2.28. The van der Waals surface area contributed by atoms with Crippen molar-refractivity contribution in [1.29, 1.82) is 0 Å². The standard InChI is InChI=1S/C25H28N4O3/c1-18-5-2-7-22(26-18)27-25(32)20-6-3-15-28(17-20)23(30)14-11-19-9-12-21(13-10-19)29-16-4-8-24(29)31/h2,5,7,9-14,20H,3-4,6,8,15-17H2,1H3,(H,26,27,32). The van der Waals surface area contributed by atoms with E-state index in [0.717, 1.165) is 42.8 Å². The van der Waals surface area contributed by atoms with Crippen molar-refractivity contribution in [3.8, 4) is 0 Å². The predicted octanol–water partition coefficient (Wildman–Crippen LogP) is 3.41. The van der Waals surface area contributed by atoms with Gasteiger partial charge in [0.25, 0.3) is 0 Å². The number of aromatic nitrogens is 1. The van der Waals surface area contributed by atoms with Gasteiger partial charge in [0.05, 0.1) is 5.92 Å². The van der Waals surface area contributed by atoms with Crippen LogP contribution in [0.4, 0.5) is 11.5 Å². The second-order valence-corrected chi connectivity index (χ2v) is 8.35. The van der Waals surface area contributed by atoms with Gasteiger partial charge < -0.3 is 15.1 Å². The average molecular weight is 433 g/mol. The summed E-state index contributed by atoms with van der Waals surface area (Å²) in [4.78, 5) is 45.1. The summed E-state index contributed by atoms with van der Waals surface area (Å²) < 4.78 is 0. The number of hydrogen-bond donors (Lipinski definition) is 1. The number of likely N-dealkylation sites (tertiary alicyclic amines) is 1. The number of benzene rings is 1. The monoisotopic (exact) mass is 432 g/mol. The molecule has 2 aliphatic heterocycles. The Balaban J connectivity index is 1.33. The fraction of sp³-hybridized carbons (Fsp3) is 0.360. The largest absolute Gasteiger partial charge is 0.338 e. The van der Waals surface area contributed by atoms with E-state index in [1.807, 2.05) is 43.3 Å². The molecule has 4 rings (SSSR count). The second-order valence-electron chi connectivity index (χ2n) is 8.35. The molecule has 2 aromatic rings. The molecule has 7 nitrogen and oxygen atoms in total. The van der Waals surface area contributed by atoms with Crippen LogP contribution in [0.25, 0.3) is 6.08 Å². The van der Waals surface area contributed by atoms with E-state index in [4.69, 9.17) is 0 Å². The maximum Gasteiger partial charge on any atom is 0.246 e. The zero-order valence-electron chi connectivity index (χ0n) is 18.3. The van der Waals surface area contributed by atoms with Crippen LogP contribution in [0, 0.1) is 12.8 Å². The summed E-state index contributed by atoms with van der Waals surface area (Å²) >= 11 is 0. The van der Waals surface area contributed by atoms with E-state index in [1.54, 1.807) is 28.0 Å². The van der Waals surface area contributed by atoms with Gasteiger partial charge in [-0.05, 0) is 62.1 Å². The first-order chi connectivity index (χ1) is 15.5. The number of anilines is 2. The molecule has 3 heterocycles. The molecule has 0 spiro atoms. The number of hydrogen-bond acceptors (Lipinski definition) is 4. The zero-order chi connectivity index (χ0) is 22.5. The number of amides is 3. The number of pyridine rings is 1. The van der Waals surface area contributed by atoms with Crippen molar-refractivity contribution < 1.29 is 14.4 Å². The number of aryl methyl sites for hydroxylation is 1. The molecule has 166 valence electrons. The highest BCUT2D eigenvalue weighted by atomic mass is 16.2. The first-order valence-corrected chi connectivity index (χ1v) is 11.1. The minimum atomic E-state index is -0.249. The van der Waals surface area contributed by atoms with Gasteiger partial charge in [-0.3, -0.25) is 14.4 Å². The van der Waals surface area contributed by atoms with Crippen LogP contribution in [0.3, 0.4) is 0 Å². The van der Waals surface area contributed by atoms with Crippen molar-refractivity contribution >= 4 is 35.3 Å². The van der Waals surface area contributed by atoms with Gasteiger partial charge in [0.1, 0.15) is 5.82 Å². The van der Waals surface area contributed by atoms with Crippen LogP contribution < -0.4 is 10.2 Å². The Hall–Kier alpha value is -3.48. The smallest absolute Gasteiger partial charge is 0.246 e.